The average Bonchev–Trinajstić information content (AvgIpc) is 2.67. The third-order valence-corrected chi connectivity index (χ3v) is 5.72. The zero-order chi connectivity index (χ0) is 18.8. The van der Waals surface area contributed by atoms with Gasteiger partial charge in [-0.25, -0.2) is 0 Å². The first kappa shape index (κ1) is 20.9. The van der Waals surface area contributed by atoms with Crippen molar-refractivity contribution in [3.05, 3.63) is 46.7 Å². The van der Waals surface area contributed by atoms with E-state index < -0.39 is 0 Å². The molecule has 0 fully saturated rings. The summed E-state index contributed by atoms with van der Waals surface area (Å²) < 4.78 is 0. The summed E-state index contributed by atoms with van der Waals surface area (Å²) in [6.45, 7) is 7.41. The second kappa shape index (κ2) is 11.3. The number of hydrogen-bond donors (Lipinski definition) is 1. The van der Waals surface area contributed by atoms with Gasteiger partial charge in [0, 0.05) is 12.4 Å². The molecule has 0 saturated carbocycles. The molecule has 0 bridgehead atoms. The van der Waals surface area contributed by atoms with Crippen molar-refractivity contribution >= 4 is 6.21 Å². The van der Waals surface area contributed by atoms with E-state index in [1.54, 1.807) is 11.1 Å². The average molecular weight is 355 g/mol. The van der Waals surface area contributed by atoms with Crippen molar-refractivity contribution in [1.29, 1.82) is 0 Å². The summed E-state index contributed by atoms with van der Waals surface area (Å²) in [6.07, 6.45) is 15.0. The van der Waals surface area contributed by atoms with Crippen LogP contribution in [0, 0.1) is 5.92 Å². The van der Waals surface area contributed by atoms with Crippen LogP contribution in [0.25, 0.3) is 0 Å². The molecule has 2 nitrogen and oxygen atoms in total. The maximum Gasteiger partial charge on any atom is 0.0253 e. The molecule has 0 radical (unpaired) electrons. The molecule has 2 unspecified atom stereocenters. The second-order valence-electron chi connectivity index (χ2n) is 7.99. The first-order chi connectivity index (χ1) is 12.7. The lowest BCUT2D eigenvalue weighted by Gasteiger charge is -2.26. The largest absolute Gasteiger partial charge is 0.330 e. The van der Waals surface area contributed by atoms with Gasteiger partial charge in [0.05, 0.1) is 0 Å². The summed E-state index contributed by atoms with van der Waals surface area (Å²) in [5.74, 6) is 1.35. The Labute approximate surface area is 161 Å². The zero-order valence-electron chi connectivity index (χ0n) is 17.1. The molecule has 2 N–H and O–H groups in total. The monoisotopic (exact) mass is 354 g/mol. The van der Waals surface area contributed by atoms with Crippen LogP contribution in [0.5, 0.6) is 0 Å². The summed E-state index contributed by atoms with van der Waals surface area (Å²) >= 11 is 0. The van der Waals surface area contributed by atoms with Crippen LogP contribution in [0.15, 0.2) is 35.0 Å². The molecule has 2 atom stereocenters. The Morgan fingerprint density at radius 2 is 2.12 bits per heavy atom. The van der Waals surface area contributed by atoms with Crippen LogP contribution in [0.4, 0.5) is 0 Å². The van der Waals surface area contributed by atoms with Crippen molar-refractivity contribution in [3.63, 3.8) is 0 Å². The maximum atomic E-state index is 5.99. The molecule has 26 heavy (non-hydrogen) atoms. The lowest BCUT2D eigenvalue weighted by atomic mass is 9.79. The summed E-state index contributed by atoms with van der Waals surface area (Å²) in [4.78, 5) is 4.41. The molecule has 144 valence electrons. The minimum atomic E-state index is 0.532. The Bertz CT molecular complexity index is 600. The summed E-state index contributed by atoms with van der Waals surface area (Å²) in [5.41, 5.74) is 12.0. The van der Waals surface area contributed by atoms with Crippen molar-refractivity contribution in [1.82, 2.24) is 0 Å². The van der Waals surface area contributed by atoms with E-state index in [0.717, 1.165) is 18.9 Å². The quantitative estimate of drug-likeness (QED) is 0.500. The smallest absolute Gasteiger partial charge is 0.0253 e. The minimum Gasteiger partial charge on any atom is -0.330 e. The predicted molar refractivity (Wildman–Crippen MR) is 115 cm³/mol. The number of rotatable bonds is 10. The molecule has 0 spiro atoms. The molecular weight excluding hydrogens is 316 g/mol. The van der Waals surface area contributed by atoms with Crippen LogP contribution < -0.4 is 5.73 Å². The molecule has 0 amide bonds. The van der Waals surface area contributed by atoms with Crippen molar-refractivity contribution in [2.45, 2.75) is 84.5 Å². The third kappa shape index (κ3) is 6.39. The van der Waals surface area contributed by atoms with E-state index in [-0.39, 0.29) is 0 Å². The fourth-order valence-corrected chi connectivity index (χ4v) is 4.00. The Morgan fingerprint density at radius 1 is 1.27 bits per heavy atom. The number of hydrogen-bond acceptors (Lipinski definition) is 2. The van der Waals surface area contributed by atoms with Gasteiger partial charge in [-0.15, -0.1) is 0 Å². The summed E-state index contributed by atoms with van der Waals surface area (Å²) in [6, 6.07) is 7.17. The van der Waals surface area contributed by atoms with Crippen LogP contribution in [-0.2, 0) is 12.8 Å². The van der Waals surface area contributed by atoms with Crippen molar-refractivity contribution in [3.8, 4) is 0 Å². The van der Waals surface area contributed by atoms with Gasteiger partial charge in [0.1, 0.15) is 0 Å². The van der Waals surface area contributed by atoms with Crippen LogP contribution in [-0.4, -0.2) is 12.8 Å². The minimum absolute atomic E-state index is 0.532. The van der Waals surface area contributed by atoms with E-state index in [2.05, 4.69) is 50.2 Å². The molecular formula is C24H38N2. The SMILES string of the molecule is CCCC=N/C=C(\C)CCC1CCc2cc(C(CN)CCC)ccc2C1. The Hall–Kier alpha value is -1.41. The lowest BCUT2D eigenvalue weighted by Crippen LogP contribution is -2.17. The van der Waals surface area contributed by atoms with E-state index in [0.29, 0.717) is 5.92 Å². The third-order valence-electron chi connectivity index (χ3n) is 5.72. The first-order valence-corrected chi connectivity index (χ1v) is 10.7. The number of nitrogens with zero attached hydrogens (tertiary/aromatic N) is 1. The molecule has 2 heteroatoms. The molecule has 1 aromatic rings. The predicted octanol–water partition coefficient (Wildman–Crippen LogP) is 6.19. The maximum absolute atomic E-state index is 5.99. The van der Waals surface area contributed by atoms with Crippen LogP contribution in [0.1, 0.15) is 88.3 Å². The topological polar surface area (TPSA) is 38.4 Å². The molecule has 0 saturated heterocycles. The second-order valence-corrected chi connectivity index (χ2v) is 7.99. The van der Waals surface area contributed by atoms with Crippen LogP contribution in [0.2, 0.25) is 0 Å². The number of aliphatic imine (C=N–C) groups is 1. The van der Waals surface area contributed by atoms with Crippen LogP contribution >= 0.6 is 0 Å². The van der Waals surface area contributed by atoms with Gasteiger partial charge in [-0.2, -0.15) is 0 Å². The van der Waals surface area contributed by atoms with E-state index in [9.17, 15) is 0 Å². The van der Waals surface area contributed by atoms with Crippen molar-refractivity contribution in [2.24, 2.45) is 16.6 Å². The Morgan fingerprint density at radius 3 is 2.85 bits per heavy atom. The zero-order valence-corrected chi connectivity index (χ0v) is 17.1. The number of fused-ring (bicyclic) bond motifs is 1. The number of benzene rings is 1. The molecule has 0 aromatic heterocycles. The lowest BCUT2D eigenvalue weighted by molar-refractivity contribution is 0.426. The van der Waals surface area contributed by atoms with Gasteiger partial charge in [0.15, 0.2) is 0 Å². The molecule has 1 aliphatic rings. The fourth-order valence-electron chi connectivity index (χ4n) is 4.00. The molecule has 2 rings (SSSR count). The highest BCUT2D eigenvalue weighted by Crippen LogP contribution is 2.32. The normalized spacial score (nSPS) is 18.9. The summed E-state index contributed by atoms with van der Waals surface area (Å²) in [7, 11) is 0. The van der Waals surface area contributed by atoms with Gasteiger partial charge in [-0.3, -0.25) is 4.99 Å². The highest BCUT2D eigenvalue weighted by Gasteiger charge is 2.20. The van der Waals surface area contributed by atoms with E-state index in [4.69, 9.17) is 5.73 Å². The standard InChI is InChI=1S/C24H38N2/c1-4-6-14-26-18-19(3)8-9-20-10-11-22-16-23(13-12-21(22)15-20)24(17-25)7-5-2/h12-14,16,18,20,24H,4-11,15,17,25H2,1-3H3/b19-18+,26-14?. The fraction of sp³-hybridized carbons (Fsp3) is 0.625. The highest BCUT2D eigenvalue weighted by molar-refractivity contribution is 5.57. The number of allylic oxidation sites excluding steroid dienone is 1. The van der Waals surface area contributed by atoms with Gasteiger partial charge in [-0.1, -0.05) is 50.5 Å². The number of aryl methyl sites for hydroxylation is 1. The van der Waals surface area contributed by atoms with Gasteiger partial charge >= 0.3 is 0 Å². The van der Waals surface area contributed by atoms with Gasteiger partial charge in [-0.05, 0) is 86.9 Å². The van der Waals surface area contributed by atoms with E-state index in [1.807, 2.05) is 6.21 Å². The Kier molecular flexibility index (Phi) is 9.11. The Balaban J connectivity index is 1.89. The number of nitrogens with two attached hydrogens (primary N) is 1. The van der Waals surface area contributed by atoms with Crippen molar-refractivity contribution < 1.29 is 0 Å². The molecule has 0 heterocycles. The molecule has 1 aromatic carbocycles. The van der Waals surface area contributed by atoms with E-state index in [1.165, 1.54) is 62.5 Å². The molecule has 0 aliphatic heterocycles. The van der Waals surface area contributed by atoms with Gasteiger partial charge < -0.3 is 5.73 Å². The van der Waals surface area contributed by atoms with Gasteiger partial charge in [0.2, 0.25) is 0 Å². The number of unbranched alkanes of at least 4 members (excludes halogenated alkanes) is 1. The van der Waals surface area contributed by atoms with Gasteiger partial charge in [0.25, 0.3) is 0 Å². The van der Waals surface area contributed by atoms with E-state index >= 15 is 0 Å². The summed E-state index contributed by atoms with van der Waals surface area (Å²) in [5, 5.41) is 0. The first-order valence-electron chi connectivity index (χ1n) is 10.7. The van der Waals surface area contributed by atoms with Crippen LogP contribution in [0.3, 0.4) is 0 Å². The molecule has 1 aliphatic carbocycles. The van der Waals surface area contributed by atoms with Crippen molar-refractivity contribution in [2.75, 3.05) is 6.54 Å². The highest BCUT2D eigenvalue weighted by atomic mass is 14.7.